The number of rotatable bonds is 3. The van der Waals surface area contributed by atoms with Gasteiger partial charge in [-0.3, -0.25) is 5.41 Å². The summed E-state index contributed by atoms with van der Waals surface area (Å²) in [5.74, 6) is -0.0222. The number of amidine groups is 1. The van der Waals surface area contributed by atoms with E-state index in [0.29, 0.717) is 12.1 Å². The standard InChI is InChI=1S/C13H12ClN3/c14-11-6-2-1-4-9(11)8-10-5-3-7-12(17-10)13(15)16/h1-7H,8H2,(H3,15,16). The summed E-state index contributed by atoms with van der Waals surface area (Å²) in [5.41, 5.74) is 7.76. The zero-order chi connectivity index (χ0) is 12.3. The minimum atomic E-state index is -0.0222. The zero-order valence-electron chi connectivity index (χ0n) is 9.15. The molecule has 1 aromatic heterocycles. The molecule has 2 aromatic rings. The van der Waals surface area contributed by atoms with Gasteiger partial charge in [-0.1, -0.05) is 35.9 Å². The maximum atomic E-state index is 7.34. The van der Waals surface area contributed by atoms with E-state index < -0.39 is 0 Å². The monoisotopic (exact) mass is 245 g/mol. The van der Waals surface area contributed by atoms with Crippen molar-refractivity contribution < 1.29 is 0 Å². The first-order valence-corrected chi connectivity index (χ1v) is 5.58. The van der Waals surface area contributed by atoms with Gasteiger partial charge < -0.3 is 5.73 Å². The number of nitrogens with zero attached hydrogens (tertiary/aromatic N) is 1. The number of pyridine rings is 1. The van der Waals surface area contributed by atoms with Gasteiger partial charge in [0.2, 0.25) is 0 Å². The topological polar surface area (TPSA) is 62.8 Å². The van der Waals surface area contributed by atoms with Crippen molar-refractivity contribution in [1.82, 2.24) is 4.98 Å². The first kappa shape index (κ1) is 11.6. The minimum Gasteiger partial charge on any atom is -0.382 e. The molecule has 1 aromatic carbocycles. The van der Waals surface area contributed by atoms with Crippen LogP contribution in [0.5, 0.6) is 0 Å². The normalized spacial score (nSPS) is 10.2. The fraction of sp³-hybridized carbons (Fsp3) is 0.0769. The smallest absolute Gasteiger partial charge is 0.141 e. The maximum Gasteiger partial charge on any atom is 0.141 e. The fourth-order valence-corrected chi connectivity index (χ4v) is 1.77. The molecular formula is C13H12ClN3. The molecule has 0 unspecified atom stereocenters. The maximum absolute atomic E-state index is 7.34. The van der Waals surface area contributed by atoms with E-state index in [2.05, 4.69) is 4.98 Å². The molecule has 0 fully saturated rings. The van der Waals surface area contributed by atoms with Crippen LogP contribution in [-0.2, 0) is 6.42 Å². The van der Waals surface area contributed by atoms with Crippen molar-refractivity contribution in [3.63, 3.8) is 0 Å². The van der Waals surface area contributed by atoms with Gasteiger partial charge in [-0.15, -0.1) is 0 Å². The molecule has 1 heterocycles. The number of aromatic nitrogens is 1. The summed E-state index contributed by atoms with van der Waals surface area (Å²) in [6, 6.07) is 13.1. The van der Waals surface area contributed by atoms with E-state index in [9.17, 15) is 0 Å². The van der Waals surface area contributed by atoms with Crippen LogP contribution in [0.3, 0.4) is 0 Å². The highest BCUT2D eigenvalue weighted by molar-refractivity contribution is 6.31. The summed E-state index contributed by atoms with van der Waals surface area (Å²) < 4.78 is 0. The van der Waals surface area contributed by atoms with Crippen LogP contribution < -0.4 is 5.73 Å². The Morgan fingerprint density at radius 1 is 1.18 bits per heavy atom. The van der Waals surface area contributed by atoms with E-state index in [1.807, 2.05) is 36.4 Å². The molecule has 3 N–H and O–H groups in total. The quantitative estimate of drug-likeness (QED) is 0.645. The molecule has 0 saturated heterocycles. The van der Waals surface area contributed by atoms with E-state index in [0.717, 1.165) is 16.3 Å². The summed E-state index contributed by atoms with van der Waals surface area (Å²) in [4.78, 5) is 4.30. The van der Waals surface area contributed by atoms with E-state index in [-0.39, 0.29) is 5.84 Å². The minimum absolute atomic E-state index is 0.0222. The van der Waals surface area contributed by atoms with Crippen LogP contribution >= 0.6 is 11.6 Å². The SMILES string of the molecule is N=C(N)c1cccc(Cc2ccccc2Cl)n1. The zero-order valence-corrected chi connectivity index (χ0v) is 9.91. The van der Waals surface area contributed by atoms with Gasteiger partial charge in [0.25, 0.3) is 0 Å². The molecule has 0 aliphatic carbocycles. The summed E-state index contributed by atoms with van der Waals surface area (Å²) >= 11 is 6.08. The Kier molecular flexibility index (Phi) is 3.40. The average Bonchev–Trinajstić information content (AvgIpc) is 2.32. The van der Waals surface area contributed by atoms with Crippen molar-refractivity contribution >= 4 is 17.4 Å². The van der Waals surface area contributed by atoms with E-state index in [1.165, 1.54) is 0 Å². The number of hydrogen-bond acceptors (Lipinski definition) is 2. The van der Waals surface area contributed by atoms with Crippen LogP contribution in [0, 0.1) is 5.41 Å². The Balaban J connectivity index is 2.28. The van der Waals surface area contributed by atoms with E-state index >= 15 is 0 Å². The molecule has 0 atom stereocenters. The van der Waals surface area contributed by atoms with E-state index in [4.69, 9.17) is 22.7 Å². The third-order valence-corrected chi connectivity index (χ3v) is 2.78. The third kappa shape index (κ3) is 2.82. The van der Waals surface area contributed by atoms with Gasteiger partial charge >= 0.3 is 0 Å². The van der Waals surface area contributed by atoms with Crippen molar-refractivity contribution in [1.29, 1.82) is 5.41 Å². The van der Waals surface area contributed by atoms with Crippen LogP contribution in [0.2, 0.25) is 5.02 Å². The first-order valence-electron chi connectivity index (χ1n) is 5.20. The lowest BCUT2D eigenvalue weighted by atomic mass is 10.1. The fourth-order valence-electron chi connectivity index (χ4n) is 1.56. The number of benzene rings is 1. The molecule has 0 aliphatic heterocycles. The van der Waals surface area contributed by atoms with Crippen molar-refractivity contribution in [3.8, 4) is 0 Å². The second-order valence-corrected chi connectivity index (χ2v) is 4.10. The predicted molar refractivity (Wildman–Crippen MR) is 69.5 cm³/mol. The van der Waals surface area contributed by atoms with E-state index in [1.54, 1.807) is 6.07 Å². The molecule has 0 spiro atoms. The number of hydrogen-bond donors (Lipinski definition) is 2. The Labute approximate surface area is 105 Å². The highest BCUT2D eigenvalue weighted by atomic mass is 35.5. The van der Waals surface area contributed by atoms with Crippen LogP contribution in [0.1, 0.15) is 17.0 Å². The molecule has 17 heavy (non-hydrogen) atoms. The van der Waals surface area contributed by atoms with Crippen LogP contribution in [0.4, 0.5) is 0 Å². The summed E-state index contributed by atoms with van der Waals surface area (Å²) in [5, 5.41) is 8.07. The van der Waals surface area contributed by atoms with Crippen LogP contribution in [0.25, 0.3) is 0 Å². The number of nitrogens with two attached hydrogens (primary N) is 1. The summed E-state index contributed by atoms with van der Waals surface area (Å²) in [6.07, 6.45) is 0.640. The number of nitrogen functional groups attached to an aromatic ring is 1. The Hall–Kier alpha value is -1.87. The molecule has 4 heteroatoms. The lowest BCUT2D eigenvalue weighted by Crippen LogP contribution is -2.13. The van der Waals surface area contributed by atoms with Gasteiger partial charge in [0.15, 0.2) is 0 Å². The summed E-state index contributed by atoms with van der Waals surface area (Å²) in [7, 11) is 0. The molecule has 3 nitrogen and oxygen atoms in total. The lowest BCUT2D eigenvalue weighted by molar-refractivity contribution is 1.06. The molecule has 86 valence electrons. The van der Waals surface area contributed by atoms with Gasteiger partial charge in [0, 0.05) is 17.1 Å². The number of halogens is 1. The van der Waals surface area contributed by atoms with Gasteiger partial charge in [-0.2, -0.15) is 0 Å². The highest BCUT2D eigenvalue weighted by Gasteiger charge is 2.04. The number of nitrogens with one attached hydrogen (secondary N) is 1. The highest BCUT2D eigenvalue weighted by Crippen LogP contribution is 2.18. The van der Waals surface area contributed by atoms with Crippen molar-refractivity contribution in [2.45, 2.75) is 6.42 Å². The van der Waals surface area contributed by atoms with Crippen molar-refractivity contribution in [2.24, 2.45) is 5.73 Å². The summed E-state index contributed by atoms with van der Waals surface area (Å²) in [6.45, 7) is 0. The third-order valence-electron chi connectivity index (χ3n) is 2.41. The average molecular weight is 246 g/mol. The molecule has 0 amide bonds. The van der Waals surface area contributed by atoms with Crippen molar-refractivity contribution in [2.75, 3.05) is 0 Å². The second-order valence-electron chi connectivity index (χ2n) is 3.70. The van der Waals surface area contributed by atoms with Gasteiger partial charge in [0.05, 0.1) is 0 Å². The second kappa shape index (κ2) is 4.97. The molecule has 0 saturated carbocycles. The predicted octanol–water partition coefficient (Wildman–Crippen LogP) is 2.61. The molecule has 0 bridgehead atoms. The first-order chi connectivity index (χ1) is 8.16. The van der Waals surface area contributed by atoms with Crippen molar-refractivity contribution in [3.05, 3.63) is 64.4 Å². The van der Waals surface area contributed by atoms with Crippen LogP contribution in [-0.4, -0.2) is 10.8 Å². The van der Waals surface area contributed by atoms with Gasteiger partial charge in [-0.05, 0) is 23.8 Å². The molecule has 0 radical (unpaired) electrons. The lowest BCUT2D eigenvalue weighted by Gasteiger charge is -2.05. The largest absolute Gasteiger partial charge is 0.382 e. The van der Waals surface area contributed by atoms with Gasteiger partial charge in [-0.25, -0.2) is 4.98 Å². The molecule has 0 aliphatic rings. The Morgan fingerprint density at radius 2 is 1.94 bits per heavy atom. The molecule has 2 rings (SSSR count). The Morgan fingerprint density at radius 3 is 2.65 bits per heavy atom. The molecular weight excluding hydrogens is 234 g/mol. The van der Waals surface area contributed by atoms with Crippen LogP contribution in [0.15, 0.2) is 42.5 Å². The Bertz CT molecular complexity index is 552. The van der Waals surface area contributed by atoms with Gasteiger partial charge in [0.1, 0.15) is 11.5 Å².